The standard InChI is InChI=1S/C24H28BO4.Li.H/c1-23(2,3)28-25(29-24(4,5)6,21-15-17-11-7-9-13-19(17)26-21)22-16-18-12-8-10-14-20(18)27-22;;/h7-16H,1-6H3;;/q-1;;. The second kappa shape index (κ2) is 7.98. The molecular weight excluding hydrogens is 370 g/mol. The first-order valence-corrected chi connectivity index (χ1v) is 10.1. The van der Waals surface area contributed by atoms with E-state index in [4.69, 9.17) is 18.1 Å². The molecule has 0 fully saturated rings. The van der Waals surface area contributed by atoms with E-state index in [9.17, 15) is 0 Å². The molecule has 154 valence electrons. The van der Waals surface area contributed by atoms with Crippen LogP contribution in [0.2, 0.25) is 0 Å². The van der Waals surface area contributed by atoms with Gasteiger partial charge in [0, 0.05) is 33.3 Å². The van der Waals surface area contributed by atoms with Gasteiger partial charge in [-0.3, -0.25) is 0 Å². The van der Waals surface area contributed by atoms with Crippen LogP contribution in [-0.4, -0.2) is 36.6 Å². The van der Waals surface area contributed by atoms with Crippen molar-refractivity contribution in [3.05, 3.63) is 60.7 Å². The van der Waals surface area contributed by atoms with Gasteiger partial charge in [-0.15, -0.1) is 0 Å². The molecule has 0 bridgehead atoms. The van der Waals surface area contributed by atoms with Crippen molar-refractivity contribution < 1.29 is 18.1 Å². The second-order valence-corrected chi connectivity index (χ2v) is 9.55. The van der Waals surface area contributed by atoms with Gasteiger partial charge in [0.1, 0.15) is 11.2 Å². The van der Waals surface area contributed by atoms with Crippen molar-refractivity contribution >= 4 is 58.7 Å². The fourth-order valence-electron chi connectivity index (χ4n) is 3.77. The zero-order valence-electron chi connectivity index (χ0n) is 18.0. The monoisotopic (exact) mass is 399 g/mol. The van der Waals surface area contributed by atoms with Gasteiger partial charge in [-0.05, 0) is 65.8 Å². The molecule has 0 radical (unpaired) electrons. The van der Waals surface area contributed by atoms with Crippen LogP contribution < -0.4 is 11.3 Å². The SMILES string of the molecule is CC(C)(C)O[B-](OC(C)(C)C)(c1cc2ccccc2o1)c1cc2ccccc2o1.[LiH]. The van der Waals surface area contributed by atoms with E-state index in [0.717, 1.165) is 21.9 Å². The summed E-state index contributed by atoms with van der Waals surface area (Å²) in [5.74, 6) is 0. The summed E-state index contributed by atoms with van der Waals surface area (Å²) in [5, 5.41) is 2.00. The van der Waals surface area contributed by atoms with Crippen LogP contribution in [0.5, 0.6) is 0 Å². The van der Waals surface area contributed by atoms with Gasteiger partial charge in [0.05, 0.1) is 0 Å². The number of hydrogen-bond donors (Lipinski definition) is 0. The fraction of sp³-hybridized carbons (Fsp3) is 0.333. The summed E-state index contributed by atoms with van der Waals surface area (Å²) in [5.41, 5.74) is 1.83. The number of furan rings is 2. The predicted molar refractivity (Wildman–Crippen MR) is 126 cm³/mol. The van der Waals surface area contributed by atoms with Crippen LogP contribution in [0.4, 0.5) is 0 Å². The van der Waals surface area contributed by atoms with Crippen molar-refractivity contribution in [1.29, 1.82) is 0 Å². The Morgan fingerprint density at radius 3 is 1.33 bits per heavy atom. The fourth-order valence-corrected chi connectivity index (χ4v) is 3.77. The average molecular weight is 399 g/mol. The molecule has 0 N–H and O–H groups in total. The molecule has 2 heterocycles. The van der Waals surface area contributed by atoms with Gasteiger partial charge >= 0.3 is 25.4 Å². The number of benzene rings is 2. The Hall–Kier alpha value is -1.90. The molecule has 0 aliphatic rings. The summed E-state index contributed by atoms with van der Waals surface area (Å²) >= 11 is 0. The van der Waals surface area contributed by atoms with Gasteiger partial charge in [-0.2, -0.15) is 0 Å². The van der Waals surface area contributed by atoms with E-state index < -0.39 is 17.8 Å². The van der Waals surface area contributed by atoms with Gasteiger partial charge in [0.15, 0.2) is 0 Å². The summed E-state index contributed by atoms with van der Waals surface area (Å²) in [7, 11) is 0. The predicted octanol–water partition coefficient (Wildman–Crippen LogP) is 4.72. The van der Waals surface area contributed by atoms with E-state index >= 15 is 0 Å². The Balaban J connectivity index is 0.00000256. The summed E-state index contributed by atoms with van der Waals surface area (Å²) in [4.78, 5) is 0. The Morgan fingerprint density at radius 2 is 1.00 bits per heavy atom. The Labute approximate surface area is 190 Å². The van der Waals surface area contributed by atoms with Crippen LogP contribution in [0.1, 0.15) is 41.5 Å². The minimum atomic E-state index is -2.23. The number of hydrogen-bond acceptors (Lipinski definition) is 4. The molecule has 4 nitrogen and oxygen atoms in total. The Bertz CT molecular complexity index is 989. The number of fused-ring (bicyclic) bond motifs is 2. The van der Waals surface area contributed by atoms with Crippen LogP contribution in [0.15, 0.2) is 69.5 Å². The van der Waals surface area contributed by atoms with Crippen molar-refractivity contribution in [2.45, 2.75) is 52.7 Å². The van der Waals surface area contributed by atoms with Gasteiger partial charge in [-0.25, -0.2) is 0 Å². The van der Waals surface area contributed by atoms with Crippen LogP contribution in [-0.2, 0) is 9.31 Å². The van der Waals surface area contributed by atoms with Crippen molar-refractivity contribution in [3.8, 4) is 0 Å². The quantitative estimate of drug-likeness (QED) is 0.466. The molecule has 0 aliphatic heterocycles. The second-order valence-electron chi connectivity index (χ2n) is 9.55. The summed E-state index contributed by atoms with van der Waals surface area (Å²) in [6.07, 6.45) is 0. The molecule has 0 unspecified atom stereocenters. The number of rotatable bonds is 4. The van der Waals surface area contributed by atoms with Crippen LogP contribution in [0.3, 0.4) is 0 Å². The summed E-state index contributed by atoms with van der Waals surface area (Å²) < 4.78 is 26.0. The molecule has 4 rings (SSSR count). The van der Waals surface area contributed by atoms with E-state index in [0.29, 0.717) is 11.3 Å². The van der Waals surface area contributed by atoms with Gasteiger partial charge < -0.3 is 18.1 Å². The molecule has 2 aromatic carbocycles. The third-order valence-electron chi connectivity index (χ3n) is 4.68. The zero-order valence-corrected chi connectivity index (χ0v) is 18.0. The van der Waals surface area contributed by atoms with E-state index in [1.54, 1.807) is 0 Å². The van der Waals surface area contributed by atoms with Crippen molar-refractivity contribution in [3.63, 3.8) is 0 Å². The minimum absolute atomic E-state index is 0. The van der Waals surface area contributed by atoms with E-state index in [1.165, 1.54) is 0 Å². The van der Waals surface area contributed by atoms with Crippen molar-refractivity contribution in [2.24, 2.45) is 0 Å². The molecule has 0 saturated carbocycles. The maximum absolute atomic E-state index is 6.69. The van der Waals surface area contributed by atoms with E-state index in [1.807, 2.05) is 102 Å². The Kier molecular flexibility index (Phi) is 6.06. The average Bonchev–Trinajstić information content (AvgIpc) is 3.23. The first-order valence-electron chi connectivity index (χ1n) is 10.1. The normalized spacial score (nSPS) is 13.0. The molecule has 0 spiro atoms. The third-order valence-corrected chi connectivity index (χ3v) is 4.68. The maximum atomic E-state index is 6.69. The molecule has 4 aromatic rings. The Morgan fingerprint density at radius 1 is 0.633 bits per heavy atom. The van der Waals surface area contributed by atoms with Crippen LogP contribution >= 0.6 is 0 Å². The van der Waals surface area contributed by atoms with Gasteiger partial charge in [0.25, 0.3) is 0 Å². The molecule has 6 heteroatoms. The molecule has 0 atom stereocenters. The molecular formula is C24H29BLiO4-. The van der Waals surface area contributed by atoms with Crippen LogP contribution in [0, 0.1) is 0 Å². The van der Waals surface area contributed by atoms with Gasteiger partial charge in [0.2, 0.25) is 0 Å². The van der Waals surface area contributed by atoms with Gasteiger partial charge in [-0.1, -0.05) is 36.4 Å². The molecule has 0 aliphatic carbocycles. The molecule has 30 heavy (non-hydrogen) atoms. The van der Waals surface area contributed by atoms with Crippen LogP contribution in [0.25, 0.3) is 21.9 Å². The van der Waals surface area contributed by atoms with E-state index in [2.05, 4.69) is 0 Å². The molecule has 0 amide bonds. The first kappa shape index (κ1) is 22.8. The third kappa shape index (κ3) is 4.55. The topological polar surface area (TPSA) is 44.7 Å². The molecule has 2 aromatic heterocycles. The van der Waals surface area contributed by atoms with Crippen molar-refractivity contribution in [2.75, 3.05) is 0 Å². The van der Waals surface area contributed by atoms with Crippen molar-refractivity contribution in [1.82, 2.24) is 0 Å². The summed E-state index contributed by atoms with van der Waals surface area (Å²) in [6, 6.07) is 19.9. The van der Waals surface area contributed by atoms with E-state index in [-0.39, 0.29) is 18.9 Å². The summed E-state index contributed by atoms with van der Waals surface area (Å²) in [6.45, 7) is 9.86. The molecule has 0 saturated heterocycles. The number of para-hydroxylation sites is 2. The first-order chi connectivity index (χ1) is 13.6. The zero-order chi connectivity index (χ0) is 20.9.